The molecule has 0 bridgehead atoms. The van der Waals surface area contributed by atoms with E-state index in [9.17, 15) is 9.59 Å². The van der Waals surface area contributed by atoms with Crippen LogP contribution in [-0.2, 0) is 25.6 Å². The number of aromatic nitrogens is 4. The average molecular weight is 345 g/mol. The molecule has 0 aliphatic carbocycles. The Morgan fingerprint density at radius 2 is 2.16 bits per heavy atom. The number of amides is 1. The zero-order valence-corrected chi connectivity index (χ0v) is 13.6. The van der Waals surface area contributed by atoms with Crippen molar-refractivity contribution in [3.63, 3.8) is 0 Å². The van der Waals surface area contributed by atoms with Crippen molar-refractivity contribution in [1.82, 2.24) is 25.5 Å². The van der Waals surface area contributed by atoms with Gasteiger partial charge in [0, 0.05) is 18.7 Å². The second-order valence-corrected chi connectivity index (χ2v) is 5.61. The van der Waals surface area contributed by atoms with E-state index in [2.05, 4.69) is 20.7 Å². The highest BCUT2D eigenvalue weighted by molar-refractivity contribution is 5.80. The van der Waals surface area contributed by atoms with Crippen LogP contribution >= 0.6 is 0 Å². The zero-order valence-electron chi connectivity index (χ0n) is 13.6. The van der Waals surface area contributed by atoms with E-state index < -0.39 is 5.97 Å². The van der Waals surface area contributed by atoms with Gasteiger partial charge in [0.2, 0.25) is 5.82 Å². The van der Waals surface area contributed by atoms with Crippen molar-refractivity contribution in [2.24, 2.45) is 0 Å². The summed E-state index contributed by atoms with van der Waals surface area (Å²) in [4.78, 5) is 24.6. The molecule has 1 aliphatic rings. The number of rotatable bonds is 7. The number of tetrazole rings is 1. The number of carbonyl (C=O) groups excluding carboxylic acids is 2. The minimum absolute atomic E-state index is 0.0513. The highest BCUT2D eigenvalue weighted by atomic mass is 16.5. The number of hydrogen-bond acceptors (Lipinski definition) is 7. The van der Waals surface area contributed by atoms with Gasteiger partial charge in [0.05, 0.1) is 6.10 Å². The monoisotopic (exact) mass is 345 g/mol. The van der Waals surface area contributed by atoms with Crippen LogP contribution in [0, 0.1) is 0 Å². The molecule has 1 saturated heterocycles. The van der Waals surface area contributed by atoms with E-state index in [4.69, 9.17) is 9.47 Å². The number of esters is 1. The molecule has 2 heterocycles. The Kier molecular flexibility index (Phi) is 5.68. The lowest BCUT2D eigenvalue weighted by Gasteiger charge is -2.10. The molecule has 1 N–H and O–H groups in total. The Morgan fingerprint density at radius 1 is 1.32 bits per heavy atom. The number of hydrogen-bond donors (Lipinski definition) is 1. The smallest absolute Gasteiger partial charge is 0.330 e. The number of benzene rings is 1. The predicted molar refractivity (Wildman–Crippen MR) is 86.2 cm³/mol. The van der Waals surface area contributed by atoms with Gasteiger partial charge in [0.25, 0.3) is 5.91 Å². The first kappa shape index (κ1) is 17.0. The lowest BCUT2D eigenvalue weighted by Crippen LogP contribution is -2.35. The fourth-order valence-corrected chi connectivity index (χ4v) is 2.40. The van der Waals surface area contributed by atoms with Gasteiger partial charge in [-0.2, -0.15) is 4.80 Å². The molecule has 132 valence electrons. The first-order valence-electron chi connectivity index (χ1n) is 8.08. The fourth-order valence-electron chi connectivity index (χ4n) is 2.40. The van der Waals surface area contributed by atoms with Gasteiger partial charge in [-0.25, -0.2) is 4.79 Å². The molecule has 1 atom stereocenters. The molecule has 2 aromatic rings. The summed E-state index contributed by atoms with van der Waals surface area (Å²) in [5.41, 5.74) is 0.802. The van der Waals surface area contributed by atoms with Crippen molar-refractivity contribution in [3.05, 3.63) is 30.3 Å². The maximum atomic E-state index is 11.8. The van der Waals surface area contributed by atoms with Crippen LogP contribution in [0.5, 0.6) is 0 Å². The second kappa shape index (κ2) is 8.34. The first-order valence-corrected chi connectivity index (χ1v) is 8.08. The molecule has 1 aromatic heterocycles. The standard InChI is InChI=1S/C16H19N5O4/c22-14(17-9-13-7-4-8-24-13)11-25-15(23)10-21-19-16(18-20-21)12-5-2-1-3-6-12/h1-3,5-6,13H,4,7-11H2,(H,17,22). The summed E-state index contributed by atoms with van der Waals surface area (Å²) in [6.07, 6.45) is 1.99. The van der Waals surface area contributed by atoms with Gasteiger partial charge >= 0.3 is 5.97 Å². The van der Waals surface area contributed by atoms with Crippen LogP contribution in [0.1, 0.15) is 12.8 Å². The third-order valence-corrected chi connectivity index (χ3v) is 3.67. The Morgan fingerprint density at radius 3 is 2.92 bits per heavy atom. The van der Waals surface area contributed by atoms with Gasteiger partial charge in [-0.05, 0) is 18.1 Å². The summed E-state index contributed by atoms with van der Waals surface area (Å²) in [5.74, 6) is -0.549. The molecule has 9 heteroatoms. The normalized spacial score (nSPS) is 16.6. The van der Waals surface area contributed by atoms with Crippen LogP contribution in [0.15, 0.2) is 30.3 Å². The summed E-state index contributed by atoms with van der Waals surface area (Å²) in [6, 6.07) is 9.30. The van der Waals surface area contributed by atoms with Gasteiger partial charge in [-0.1, -0.05) is 30.3 Å². The Balaban J connectivity index is 1.40. The van der Waals surface area contributed by atoms with Gasteiger partial charge < -0.3 is 14.8 Å². The fraction of sp³-hybridized carbons (Fsp3) is 0.438. The highest BCUT2D eigenvalue weighted by Crippen LogP contribution is 2.12. The van der Waals surface area contributed by atoms with Crippen LogP contribution in [0.4, 0.5) is 0 Å². The maximum absolute atomic E-state index is 11.8. The minimum Gasteiger partial charge on any atom is -0.454 e. The quantitative estimate of drug-likeness (QED) is 0.713. The third-order valence-electron chi connectivity index (χ3n) is 3.67. The summed E-state index contributed by atoms with van der Waals surface area (Å²) in [5, 5.41) is 14.5. The molecule has 1 amide bonds. The average Bonchev–Trinajstić information content (AvgIpc) is 3.31. The first-order chi connectivity index (χ1) is 12.2. The lowest BCUT2D eigenvalue weighted by molar-refractivity contribution is -0.149. The van der Waals surface area contributed by atoms with Crippen molar-refractivity contribution in [2.45, 2.75) is 25.5 Å². The van der Waals surface area contributed by atoms with Crippen molar-refractivity contribution in [2.75, 3.05) is 19.8 Å². The Labute approximate surface area is 144 Å². The number of ether oxygens (including phenoxy) is 2. The van der Waals surface area contributed by atoms with Crippen molar-refractivity contribution >= 4 is 11.9 Å². The summed E-state index contributed by atoms with van der Waals surface area (Å²) in [6.45, 7) is 0.609. The van der Waals surface area contributed by atoms with Crippen LogP contribution in [-0.4, -0.2) is 57.9 Å². The number of carbonyl (C=O) groups is 2. The van der Waals surface area contributed by atoms with Crippen LogP contribution in [0.3, 0.4) is 0 Å². The van der Waals surface area contributed by atoms with E-state index in [0.29, 0.717) is 12.4 Å². The van der Waals surface area contributed by atoms with Gasteiger partial charge in [0.1, 0.15) is 0 Å². The van der Waals surface area contributed by atoms with Crippen LogP contribution in [0.25, 0.3) is 11.4 Å². The lowest BCUT2D eigenvalue weighted by atomic mass is 10.2. The summed E-state index contributed by atoms with van der Waals surface area (Å²) < 4.78 is 10.3. The summed E-state index contributed by atoms with van der Waals surface area (Å²) in [7, 11) is 0. The predicted octanol–water partition coefficient (Wildman–Crippen LogP) is 0.178. The zero-order chi connectivity index (χ0) is 17.5. The molecule has 1 unspecified atom stereocenters. The van der Waals surface area contributed by atoms with E-state index in [1.807, 2.05) is 30.3 Å². The molecule has 1 fully saturated rings. The molecule has 1 aromatic carbocycles. The maximum Gasteiger partial charge on any atom is 0.330 e. The topological polar surface area (TPSA) is 108 Å². The van der Waals surface area contributed by atoms with Crippen LogP contribution in [0.2, 0.25) is 0 Å². The third kappa shape index (κ3) is 5.08. The number of nitrogens with one attached hydrogen (secondary N) is 1. The molecule has 0 saturated carbocycles. The Bertz CT molecular complexity index is 712. The van der Waals surface area contributed by atoms with Crippen molar-refractivity contribution < 1.29 is 19.1 Å². The minimum atomic E-state index is -0.607. The van der Waals surface area contributed by atoms with Crippen LogP contribution < -0.4 is 5.32 Å². The van der Waals surface area contributed by atoms with Crippen molar-refractivity contribution in [3.8, 4) is 11.4 Å². The van der Waals surface area contributed by atoms with E-state index in [0.717, 1.165) is 29.8 Å². The molecule has 3 rings (SSSR count). The molecule has 25 heavy (non-hydrogen) atoms. The molecule has 1 aliphatic heterocycles. The van der Waals surface area contributed by atoms with E-state index in [1.54, 1.807) is 0 Å². The highest BCUT2D eigenvalue weighted by Gasteiger charge is 2.17. The summed E-state index contributed by atoms with van der Waals surface area (Å²) >= 11 is 0. The number of nitrogens with zero attached hydrogens (tertiary/aromatic N) is 4. The molecule has 9 nitrogen and oxygen atoms in total. The SMILES string of the molecule is O=C(COC(=O)Cn1nnc(-c2ccccc2)n1)NCC1CCCO1. The Hall–Kier alpha value is -2.81. The van der Waals surface area contributed by atoms with Gasteiger partial charge in [-0.3, -0.25) is 4.79 Å². The second-order valence-electron chi connectivity index (χ2n) is 5.61. The van der Waals surface area contributed by atoms with Gasteiger partial charge in [-0.15, -0.1) is 10.2 Å². The van der Waals surface area contributed by atoms with E-state index in [-0.39, 0.29) is 25.2 Å². The van der Waals surface area contributed by atoms with Gasteiger partial charge in [0.15, 0.2) is 13.2 Å². The van der Waals surface area contributed by atoms with E-state index >= 15 is 0 Å². The molecule has 0 radical (unpaired) electrons. The van der Waals surface area contributed by atoms with Crippen molar-refractivity contribution in [1.29, 1.82) is 0 Å². The molecular weight excluding hydrogens is 326 g/mol. The van der Waals surface area contributed by atoms with E-state index in [1.165, 1.54) is 0 Å². The molecule has 0 spiro atoms. The largest absolute Gasteiger partial charge is 0.454 e. The molecular formula is C16H19N5O4.